The molecule has 4 aliphatic heterocycles. The molecule has 4 heterocycles. The lowest BCUT2D eigenvalue weighted by Gasteiger charge is -2.47. The van der Waals surface area contributed by atoms with Crippen LogP contribution in [0.15, 0.2) is 29.6 Å². The van der Waals surface area contributed by atoms with E-state index in [-0.39, 0.29) is 49.7 Å². The predicted octanol–water partition coefficient (Wildman–Crippen LogP) is 2.50. The molecule has 0 radical (unpaired) electrons. The molecule has 2 unspecified atom stereocenters. The number of hydrogen-bond donors (Lipinski definition) is 4. The topological polar surface area (TPSA) is 223 Å². The van der Waals surface area contributed by atoms with Crippen LogP contribution in [0.2, 0.25) is 0 Å². The van der Waals surface area contributed by atoms with Crippen molar-refractivity contribution >= 4 is 35.2 Å². The Hall–Kier alpha value is -3.88. The van der Waals surface area contributed by atoms with E-state index in [0.29, 0.717) is 45.6 Å². The number of carbonyl (C=O) groups is 2. The number of cyclic esters (lactones) is 1. The van der Waals surface area contributed by atoms with Gasteiger partial charge in [-0.15, -0.1) is 28.1 Å². The second-order valence-electron chi connectivity index (χ2n) is 12.8. The molecule has 1 aliphatic carbocycles. The van der Waals surface area contributed by atoms with Crippen molar-refractivity contribution in [1.29, 1.82) is 0 Å². The molecule has 296 valence electrons. The van der Waals surface area contributed by atoms with Gasteiger partial charge in [-0.3, -0.25) is 4.79 Å². The third-order valence-electron chi connectivity index (χ3n) is 9.75. The van der Waals surface area contributed by atoms with Crippen molar-refractivity contribution in [3.63, 3.8) is 0 Å². The molecule has 54 heavy (non-hydrogen) atoms. The number of hydrogen-bond acceptors (Lipinski definition) is 16. The summed E-state index contributed by atoms with van der Waals surface area (Å²) in [6.07, 6.45) is -6.80. The molecular weight excluding hydrogens is 761 g/mol. The van der Waals surface area contributed by atoms with E-state index in [2.05, 4.69) is 10.6 Å². The van der Waals surface area contributed by atoms with Gasteiger partial charge in [-0.2, -0.15) is 5.01 Å². The van der Waals surface area contributed by atoms with Gasteiger partial charge in [-0.05, 0) is 47.9 Å². The van der Waals surface area contributed by atoms with Crippen molar-refractivity contribution in [3.8, 4) is 28.7 Å². The molecule has 2 aromatic carbocycles. The SMILES string of the molecule is COc1cc([C@@H]2c3cc4c(cc3C(O[C@@H]3O[C@@H]5CO[C@@H](C)O[C@H]5[C@H](O)[C@H]3O)C3COC(=O)[C@@H]32)OCO4)cc(OC)c1O.O=NN(CCCl)C(=O)NCCCl. The summed E-state index contributed by atoms with van der Waals surface area (Å²) in [5.74, 6) is -0.567. The number of esters is 1. The first-order valence-corrected chi connectivity index (χ1v) is 18.1. The van der Waals surface area contributed by atoms with Gasteiger partial charge in [0.25, 0.3) is 0 Å². The number of phenolic OH excluding ortho intramolecular Hbond substituents is 1. The van der Waals surface area contributed by atoms with Gasteiger partial charge in [0.1, 0.15) is 24.4 Å². The number of nitroso groups, excluding NO2 is 1. The van der Waals surface area contributed by atoms with Gasteiger partial charge < -0.3 is 63.3 Å². The highest BCUT2D eigenvalue weighted by Crippen LogP contribution is 2.57. The number of aromatic hydroxyl groups is 1. The second-order valence-corrected chi connectivity index (χ2v) is 13.6. The van der Waals surface area contributed by atoms with Crippen molar-refractivity contribution in [1.82, 2.24) is 10.3 Å². The molecule has 3 fully saturated rings. The molecule has 2 aromatic rings. The summed E-state index contributed by atoms with van der Waals surface area (Å²) in [6, 6.07) is 6.35. The van der Waals surface area contributed by atoms with E-state index in [1.807, 2.05) is 0 Å². The van der Waals surface area contributed by atoms with Crippen LogP contribution in [-0.4, -0.2) is 128 Å². The van der Waals surface area contributed by atoms with Crippen molar-refractivity contribution in [2.75, 3.05) is 59.1 Å². The fraction of sp³-hybridized carbons (Fsp3) is 0.588. The molecule has 0 spiro atoms. The number of amides is 2. The number of alkyl halides is 2. The van der Waals surface area contributed by atoms with Crippen molar-refractivity contribution in [3.05, 3.63) is 45.9 Å². The average molecular weight is 803 g/mol. The number of urea groups is 1. The van der Waals surface area contributed by atoms with Gasteiger partial charge >= 0.3 is 12.0 Å². The summed E-state index contributed by atoms with van der Waals surface area (Å²) in [4.78, 5) is 34.3. The Morgan fingerprint density at radius 2 is 1.67 bits per heavy atom. The normalized spacial score (nSPS) is 30.4. The lowest BCUT2D eigenvalue weighted by Crippen LogP contribution is -2.63. The Kier molecular flexibility index (Phi) is 12.7. The number of methoxy groups -OCH3 is 2. The van der Waals surface area contributed by atoms with Gasteiger partial charge in [0, 0.05) is 30.1 Å². The molecule has 2 amide bonds. The smallest absolute Gasteiger partial charge is 0.340 e. The summed E-state index contributed by atoms with van der Waals surface area (Å²) < 4.78 is 51.5. The minimum absolute atomic E-state index is 0.0301. The van der Waals surface area contributed by atoms with E-state index >= 15 is 0 Å². The zero-order chi connectivity index (χ0) is 38.7. The van der Waals surface area contributed by atoms with E-state index in [1.165, 1.54) is 14.2 Å². The maximum absolute atomic E-state index is 13.4. The number of nitrogens with zero attached hydrogens (tertiary/aromatic N) is 2. The number of fused-ring (bicyclic) bond motifs is 4. The second kappa shape index (κ2) is 17.3. The first-order valence-electron chi connectivity index (χ1n) is 17.0. The third kappa shape index (κ3) is 7.79. The number of rotatable bonds is 10. The Morgan fingerprint density at radius 3 is 2.30 bits per heavy atom. The van der Waals surface area contributed by atoms with Crippen molar-refractivity contribution in [2.45, 2.75) is 55.9 Å². The standard InChI is InChI=1S/C29H32O13.C5H9Cl2N3O2/c1-11-36-9-20-27(40-11)24(31)25(32)29(41-20)42-26-14-7-17-16(38-10-39-17)6-13(14)21(22-15(26)8-37-28(22)33)12-4-18(34-2)23(30)19(5-12)35-3;6-1-3-8-5(11)10(9-12)4-2-7/h4-7,11,15,20-22,24-27,29-32H,8-10H2,1-3H3;1-4H2,(H,8,11)/t11-,15?,20-,21-,22+,24-,25-,26?,27-,29+;/m1./s1. The summed E-state index contributed by atoms with van der Waals surface area (Å²) >= 11 is 10.6. The molecule has 7 rings (SSSR count). The van der Waals surface area contributed by atoms with Crippen LogP contribution in [0.25, 0.3) is 0 Å². The Bertz CT molecular complexity index is 1660. The number of phenols is 1. The summed E-state index contributed by atoms with van der Waals surface area (Å²) in [7, 11) is 2.86. The maximum Gasteiger partial charge on any atom is 0.340 e. The molecule has 0 aromatic heterocycles. The Balaban J connectivity index is 0.000000359. The highest BCUT2D eigenvalue weighted by Gasteiger charge is 2.56. The van der Waals surface area contributed by atoms with E-state index in [9.17, 15) is 29.8 Å². The van der Waals surface area contributed by atoms with E-state index < -0.39 is 72.9 Å². The van der Waals surface area contributed by atoms with Crippen LogP contribution >= 0.6 is 23.2 Å². The molecule has 4 N–H and O–H groups in total. The number of nitrogens with one attached hydrogen (secondary N) is 1. The highest BCUT2D eigenvalue weighted by atomic mass is 35.5. The van der Waals surface area contributed by atoms with Gasteiger partial charge in [0.05, 0.1) is 51.3 Å². The van der Waals surface area contributed by atoms with Crippen LogP contribution in [0.3, 0.4) is 0 Å². The number of carbonyl (C=O) groups excluding carboxylic acids is 2. The number of aliphatic hydroxyl groups is 2. The first kappa shape index (κ1) is 39.8. The van der Waals surface area contributed by atoms with Crippen LogP contribution in [0, 0.1) is 16.7 Å². The molecule has 10 atom stereocenters. The fourth-order valence-electron chi connectivity index (χ4n) is 7.24. The zero-order valence-corrected chi connectivity index (χ0v) is 30.9. The Morgan fingerprint density at radius 1 is 0.981 bits per heavy atom. The maximum atomic E-state index is 13.4. The van der Waals surface area contributed by atoms with Crippen LogP contribution in [0.4, 0.5) is 4.79 Å². The molecule has 5 aliphatic rings. The van der Waals surface area contributed by atoms with Crippen molar-refractivity contribution < 1.29 is 67.5 Å². The van der Waals surface area contributed by atoms with Crippen LogP contribution < -0.4 is 24.3 Å². The van der Waals surface area contributed by atoms with Gasteiger partial charge in [-0.1, -0.05) is 0 Å². The molecule has 3 saturated heterocycles. The van der Waals surface area contributed by atoms with Gasteiger partial charge in [0.2, 0.25) is 12.5 Å². The molecule has 18 nitrogen and oxygen atoms in total. The van der Waals surface area contributed by atoms with Crippen LogP contribution in [0.5, 0.6) is 28.7 Å². The molecular formula is C34H41Cl2N3O15. The van der Waals surface area contributed by atoms with Gasteiger partial charge in [-0.25, -0.2) is 4.79 Å². The van der Waals surface area contributed by atoms with E-state index in [4.69, 9.17) is 65.8 Å². The number of aliphatic hydroxyl groups excluding tert-OH is 2. The third-order valence-corrected chi connectivity index (χ3v) is 10.1. The molecule has 0 bridgehead atoms. The monoisotopic (exact) mass is 801 g/mol. The predicted molar refractivity (Wildman–Crippen MR) is 186 cm³/mol. The number of halogens is 2. The van der Waals surface area contributed by atoms with Crippen molar-refractivity contribution in [2.24, 2.45) is 17.1 Å². The molecule has 0 saturated carbocycles. The van der Waals surface area contributed by atoms with Crippen LogP contribution in [0.1, 0.15) is 35.6 Å². The quantitative estimate of drug-likeness (QED) is 0.117. The lowest BCUT2D eigenvalue weighted by molar-refractivity contribution is -0.364. The largest absolute Gasteiger partial charge is 0.502 e. The number of benzene rings is 2. The Labute approximate surface area is 319 Å². The number of ether oxygens (including phenoxy) is 9. The van der Waals surface area contributed by atoms with Crippen LogP contribution in [-0.2, 0) is 28.5 Å². The average Bonchev–Trinajstić information content (AvgIpc) is 3.80. The van der Waals surface area contributed by atoms with E-state index in [1.54, 1.807) is 31.2 Å². The summed E-state index contributed by atoms with van der Waals surface area (Å²) in [6.45, 7) is 2.33. The summed E-state index contributed by atoms with van der Waals surface area (Å²) in [5, 5.41) is 38.1. The minimum atomic E-state index is -1.44. The van der Waals surface area contributed by atoms with Gasteiger partial charge in [0.15, 0.2) is 35.6 Å². The molecule has 20 heteroatoms. The summed E-state index contributed by atoms with van der Waals surface area (Å²) in [5.41, 5.74) is 2.01. The lowest BCUT2D eigenvalue weighted by atomic mass is 9.66. The highest BCUT2D eigenvalue weighted by molar-refractivity contribution is 6.18. The zero-order valence-electron chi connectivity index (χ0n) is 29.4. The minimum Gasteiger partial charge on any atom is -0.502 e. The fourth-order valence-corrected chi connectivity index (χ4v) is 7.49. The van der Waals surface area contributed by atoms with E-state index in [0.717, 1.165) is 0 Å². The first-order chi connectivity index (χ1) is 26.0.